The minimum absolute atomic E-state index is 0.0446. The largest absolute Gasteiger partial charge is 0.504 e. The molecule has 20 heavy (non-hydrogen) atoms. The van der Waals surface area contributed by atoms with E-state index in [0.29, 0.717) is 23.5 Å². The first-order valence-electron chi connectivity index (χ1n) is 5.94. The molecule has 0 aliphatic heterocycles. The van der Waals surface area contributed by atoms with E-state index in [-0.39, 0.29) is 11.3 Å². The number of phenolic OH excluding ortho intramolecular Hbond substituents is 1. The lowest BCUT2D eigenvalue weighted by Crippen LogP contribution is -2.02. The molecule has 0 saturated carbocycles. The number of ether oxygens (including phenoxy) is 1. The van der Waals surface area contributed by atoms with Gasteiger partial charge in [0.1, 0.15) is 11.9 Å². The van der Waals surface area contributed by atoms with Crippen molar-refractivity contribution in [2.45, 2.75) is 6.54 Å². The molecule has 0 saturated heterocycles. The van der Waals surface area contributed by atoms with Crippen molar-refractivity contribution in [3.63, 3.8) is 0 Å². The first-order valence-corrected chi connectivity index (χ1v) is 5.94. The van der Waals surface area contributed by atoms with Crippen molar-refractivity contribution in [1.82, 2.24) is 0 Å². The van der Waals surface area contributed by atoms with Crippen molar-refractivity contribution < 1.29 is 14.2 Å². The molecule has 0 heterocycles. The summed E-state index contributed by atoms with van der Waals surface area (Å²) in [6.07, 6.45) is 0. The maximum Gasteiger partial charge on any atom is 0.162 e. The van der Waals surface area contributed by atoms with E-state index >= 15 is 0 Å². The normalized spacial score (nSPS) is 9.85. The number of aromatic hydroxyl groups is 1. The summed E-state index contributed by atoms with van der Waals surface area (Å²) in [5.74, 6) is -0.0386. The number of rotatable bonds is 4. The standard InChI is InChI=1S/C15H13FN2O2/c1-20-14-4-2-3-10(15(14)19)9-18-13-6-5-12(16)7-11(13)8-17/h2-7,18-19H,9H2,1H3. The Morgan fingerprint density at radius 3 is 2.85 bits per heavy atom. The van der Waals surface area contributed by atoms with Crippen LogP contribution in [0.2, 0.25) is 0 Å². The Balaban J connectivity index is 2.20. The van der Waals surface area contributed by atoms with Gasteiger partial charge in [-0.2, -0.15) is 5.26 Å². The van der Waals surface area contributed by atoms with E-state index in [1.54, 1.807) is 18.2 Å². The molecule has 0 spiro atoms. The highest BCUT2D eigenvalue weighted by Gasteiger charge is 2.08. The molecular formula is C15H13FN2O2. The molecule has 0 radical (unpaired) electrons. The van der Waals surface area contributed by atoms with E-state index in [4.69, 9.17) is 10.00 Å². The molecule has 0 bridgehead atoms. The van der Waals surface area contributed by atoms with Crippen LogP contribution in [0, 0.1) is 17.1 Å². The van der Waals surface area contributed by atoms with Gasteiger partial charge in [-0.15, -0.1) is 0 Å². The molecule has 2 aromatic rings. The average molecular weight is 272 g/mol. The van der Waals surface area contributed by atoms with E-state index in [9.17, 15) is 9.50 Å². The zero-order valence-corrected chi connectivity index (χ0v) is 10.9. The van der Waals surface area contributed by atoms with E-state index in [1.807, 2.05) is 6.07 Å². The van der Waals surface area contributed by atoms with E-state index in [0.717, 1.165) is 6.07 Å². The number of methoxy groups -OCH3 is 1. The van der Waals surface area contributed by atoms with Crippen LogP contribution in [-0.2, 0) is 6.54 Å². The number of benzene rings is 2. The third kappa shape index (κ3) is 2.81. The Hall–Kier alpha value is -2.74. The van der Waals surface area contributed by atoms with Gasteiger partial charge < -0.3 is 15.2 Å². The van der Waals surface area contributed by atoms with Gasteiger partial charge in [0.15, 0.2) is 11.5 Å². The first-order chi connectivity index (χ1) is 9.65. The summed E-state index contributed by atoms with van der Waals surface area (Å²) in [6.45, 7) is 0.295. The van der Waals surface area contributed by atoms with Crippen molar-refractivity contribution in [3.8, 4) is 17.6 Å². The Labute approximate surface area is 116 Å². The molecular weight excluding hydrogens is 259 g/mol. The molecule has 0 aromatic heterocycles. The number of nitrogens with one attached hydrogen (secondary N) is 1. The van der Waals surface area contributed by atoms with Crippen LogP contribution < -0.4 is 10.1 Å². The highest BCUT2D eigenvalue weighted by atomic mass is 19.1. The van der Waals surface area contributed by atoms with Crippen LogP contribution in [0.15, 0.2) is 36.4 Å². The average Bonchev–Trinajstić information content (AvgIpc) is 2.47. The highest BCUT2D eigenvalue weighted by molar-refractivity contribution is 5.58. The van der Waals surface area contributed by atoms with Crippen LogP contribution in [0.5, 0.6) is 11.5 Å². The fourth-order valence-corrected chi connectivity index (χ4v) is 1.83. The summed E-state index contributed by atoms with van der Waals surface area (Å²) in [7, 11) is 1.47. The fourth-order valence-electron chi connectivity index (χ4n) is 1.83. The second-order valence-corrected chi connectivity index (χ2v) is 4.12. The van der Waals surface area contributed by atoms with Gasteiger partial charge >= 0.3 is 0 Å². The summed E-state index contributed by atoms with van der Waals surface area (Å²) in [5, 5.41) is 21.9. The van der Waals surface area contributed by atoms with Crippen LogP contribution in [-0.4, -0.2) is 12.2 Å². The molecule has 0 fully saturated rings. The monoisotopic (exact) mass is 272 g/mol. The number of hydrogen-bond donors (Lipinski definition) is 2. The maximum absolute atomic E-state index is 13.0. The Morgan fingerprint density at radius 1 is 1.35 bits per heavy atom. The zero-order valence-electron chi connectivity index (χ0n) is 10.9. The lowest BCUT2D eigenvalue weighted by atomic mass is 10.1. The van der Waals surface area contributed by atoms with Crippen LogP contribution in [0.3, 0.4) is 0 Å². The van der Waals surface area contributed by atoms with Gasteiger partial charge in [-0.3, -0.25) is 0 Å². The van der Waals surface area contributed by atoms with Gasteiger partial charge in [0.25, 0.3) is 0 Å². The minimum Gasteiger partial charge on any atom is -0.504 e. The quantitative estimate of drug-likeness (QED) is 0.898. The predicted octanol–water partition coefficient (Wildman–Crippen LogP) is 3.02. The fraction of sp³-hybridized carbons (Fsp3) is 0.133. The molecule has 4 nitrogen and oxygen atoms in total. The number of nitrogens with zero attached hydrogens (tertiary/aromatic N) is 1. The Bertz CT molecular complexity index is 665. The van der Waals surface area contributed by atoms with Crippen molar-refractivity contribution in [2.24, 2.45) is 0 Å². The molecule has 0 aliphatic rings. The Morgan fingerprint density at radius 2 is 2.15 bits per heavy atom. The predicted molar refractivity (Wildman–Crippen MR) is 73.1 cm³/mol. The van der Waals surface area contributed by atoms with Crippen LogP contribution >= 0.6 is 0 Å². The van der Waals surface area contributed by atoms with Crippen molar-refractivity contribution in [2.75, 3.05) is 12.4 Å². The molecule has 2 aromatic carbocycles. The molecule has 2 rings (SSSR count). The second-order valence-electron chi connectivity index (χ2n) is 4.12. The van der Waals surface area contributed by atoms with Crippen molar-refractivity contribution in [3.05, 3.63) is 53.3 Å². The summed E-state index contributed by atoms with van der Waals surface area (Å²) in [5.41, 5.74) is 1.35. The number of halogens is 1. The lowest BCUT2D eigenvalue weighted by Gasteiger charge is -2.11. The summed E-state index contributed by atoms with van der Waals surface area (Å²) < 4.78 is 18.0. The second kappa shape index (κ2) is 5.93. The lowest BCUT2D eigenvalue weighted by molar-refractivity contribution is 0.371. The smallest absolute Gasteiger partial charge is 0.162 e. The van der Waals surface area contributed by atoms with Crippen LogP contribution in [0.1, 0.15) is 11.1 Å². The molecule has 2 N–H and O–H groups in total. The summed E-state index contributed by atoms with van der Waals surface area (Å²) >= 11 is 0. The van der Waals surface area contributed by atoms with Crippen molar-refractivity contribution in [1.29, 1.82) is 5.26 Å². The zero-order chi connectivity index (χ0) is 14.5. The topological polar surface area (TPSA) is 65.3 Å². The number of hydrogen-bond acceptors (Lipinski definition) is 4. The van der Waals surface area contributed by atoms with Gasteiger partial charge in [-0.25, -0.2) is 4.39 Å². The number of nitriles is 1. The highest BCUT2D eigenvalue weighted by Crippen LogP contribution is 2.30. The SMILES string of the molecule is COc1cccc(CNc2ccc(F)cc2C#N)c1O. The van der Waals surface area contributed by atoms with Gasteiger partial charge in [0, 0.05) is 12.1 Å². The van der Waals surface area contributed by atoms with Gasteiger partial charge in [0.2, 0.25) is 0 Å². The third-order valence-electron chi connectivity index (χ3n) is 2.87. The van der Waals surface area contributed by atoms with E-state index in [1.165, 1.54) is 19.2 Å². The molecule has 0 aliphatic carbocycles. The molecule has 0 unspecified atom stereocenters. The number of para-hydroxylation sites is 1. The van der Waals surface area contributed by atoms with E-state index < -0.39 is 5.82 Å². The van der Waals surface area contributed by atoms with Crippen LogP contribution in [0.4, 0.5) is 10.1 Å². The molecule has 0 amide bonds. The van der Waals surface area contributed by atoms with Gasteiger partial charge in [0.05, 0.1) is 18.4 Å². The molecule has 0 atom stereocenters. The van der Waals surface area contributed by atoms with Gasteiger partial charge in [-0.1, -0.05) is 12.1 Å². The first kappa shape index (κ1) is 13.7. The molecule has 5 heteroatoms. The summed E-state index contributed by atoms with van der Waals surface area (Å²) in [6, 6.07) is 11.0. The number of anilines is 1. The maximum atomic E-state index is 13.0. The van der Waals surface area contributed by atoms with Crippen LogP contribution in [0.25, 0.3) is 0 Å². The number of phenols is 1. The minimum atomic E-state index is -0.462. The van der Waals surface area contributed by atoms with Gasteiger partial charge in [-0.05, 0) is 24.3 Å². The third-order valence-corrected chi connectivity index (χ3v) is 2.87. The van der Waals surface area contributed by atoms with E-state index in [2.05, 4.69) is 5.32 Å². The Kier molecular flexibility index (Phi) is 4.06. The molecule has 102 valence electrons. The summed E-state index contributed by atoms with van der Waals surface area (Å²) in [4.78, 5) is 0. The van der Waals surface area contributed by atoms with Crippen molar-refractivity contribution >= 4 is 5.69 Å².